The highest BCUT2D eigenvalue weighted by Gasteiger charge is 1.91. The number of carbonyl (C=O) groups excluding carboxylic acids is 1. The smallest absolute Gasteiger partial charge is 0.305 e. The van der Waals surface area contributed by atoms with E-state index in [1.807, 2.05) is 19.1 Å². The summed E-state index contributed by atoms with van der Waals surface area (Å²) < 4.78 is 4.55. The fourth-order valence-electron chi connectivity index (χ4n) is 0.808. The Morgan fingerprint density at radius 2 is 1.80 bits per heavy atom. The fourth-order valence-corrected chi connectivity index (χ4v) is 0.808. The van der Waals surface area contributed by atoms with Crippen molar-refractivity contribution in [3.8, 4) is 5.75 Å². The zero-order chi connectivity index (χ0) is 11.7. The van der Waals surface area contributed by atoms with Gasteiger partial charge in [-0.3, -0.25) is 4.79 Å². The minimum absolute atomic E-state index is 0.123. The molecule has 3 nitrogen and oxygen atoms in total. The van der Waals surface area contributed by atoms with E-state index >= 15 is 0 Å². The molecule has 0 aliphatic heterocycles. The Bertz CT molecular complexity index is 256. The first-order valence-electron chi connectivity index (χ1n) is 5.01. The van der Waals surface area contributed by atoms with E-state index in [-0.39, 0.29) is 5.97 Å². The van der Waals surface area contributed by atoms with Gasteiger partial charge in [-0.05, 0) is 26.0 Å². The third-order valence-corrected chi connectivity index (χ3v) is 1.63. The molecule has 0 aromatic heterocycles. The van der Waals surface area contributed by atoms with Gasteiger partial charge in [0.05, 0.1) is 6.61 Å². The molecule has 1 aromatic carbocycles. The summed E-state index contributed by atoms with van der Waals surface area (Å²) in [4.78, 5) is 10.2. The quantitative estimate of drug-likeness (QED) is 0.763. The molecule has 84 valence electrons. The summed E-state index contributed by atoms with van der Waals surface area (Å²) in [5, 5.41) is 8.76. The molecule has 0 unspecified atom stereocenters. The third kappa shape index (κ3) is 7.55. The van der Waals surface area contributed by atoms with Crippen molar-refractivity contribution in [2.75, 3.05) is 6.61 Å². The molecule has 0 fully saturated rings. The molecule has 1 N–H and O–H groups in total. The lowest BCUT2D eigenvalue weighted by molar-refractivity contribution is -0.142. The fraction of sp³-hybridized carbons (Fsp3) is 0.417. The lowest BCUT2D eigenvalue weighted by atomic mass is 10.2. The molecule has 0 spiro atoms. The van der Waals surface area contributed by atoms with Gasteiger partial charge in [-0.1, -0.05) is 24.6 Å². The van der Waals surface area contributed by atoms with Crippen LogP contribution in [0.2, 0.25) is 0 Å². The number of benzene rings is 1. The van der Waals surface area contributed by atoms with Gasteiger partial charge in [-0.2, -0.15) is 0 Å². The van der Waals surface area contributed by atoms with Crippen LogP contribution in [0.4, 0.5) is 0 Å². The number of phenolic OH excluding ortho intramolecular Hbond substituents is 1. The van der Waals surface area contributed by atoms with Crippen molar-refractivity contribution < 1.29 is 14.6 Å². The van der Waals surface area contributed by atoms with Gasteiger partial charge in [0.15, 0.2) is 0 Å². The molecule has 0 heterocycles. The van der Waals surface area contributed by atoms with E-state index in [4.69, 9.17) is 5.11 Å². The summed E-state index contributed by atoms with van der Waals surface area (Å²) in [6, 6.07) is 7.09. The Kier molecular flexibility index (Phi) is 7.06. The summed E-state index contributed by atoms with van der Waals surface area (Å²) in [6.45, 7) is 6.05. The number of hydrogen-bond donors (Lipinski definition) is 1. The molecule has 0 atom stereocenters. The van der Waals surface area contributed by atoms with Crippen LogP contribution in [0.25, 0.3) is 0 Å². The maximum absolute atomic E-state index is 10.2. The number of ether oxygens (including phenoxy) is 1. The molecule has 1 rings (SSSR count). The van der Waals surface area contributed by atoms with Crippen LogP contribution in [0.1, 0.15) is 25.8 Å². The Labute approximate surface area is 90.7 Å². The van der Waals surface area contributed by atoms with Crippen molar-refractivity contribution >= 4 is 5.97 Å². The molecule has 0 bridgehead atoms. The van der Waals surface area contributed by atoms with E-state index in [9.17, 15) is 4.79 Å². The maximum atomic E-state index is 10.2. The van der Waals surface area contributed by atoms with E-state index in [0.29, 0.717) is 18.8 Å². The summed E-state index contributed by atoms with van der Waals surface area (Å²) >= 11 is 0. The molecule has 0 saturated heterocycles. The number of aryl methyl sites for hydroxylation is 1. The standard InChI is InChI=1S/C7H8O.C5H10O2/c1-6-2-4-7(8)5-3-6;1-3-5(6)7-4-2/h2-5,8H,1H3;3-4H2,1-2H3. The van der Waals surface area contributed by atoms with Crippen molar-refractivity contribution in [1.82, 2.24) is 0 Å². The first kappa shape index (κ1) is 13.5. The highest BCUT2D eigenvalue weighted by Crippen LogP contribution is 2.07. The molecule has 3 heteroatoms. The van der Waals surface area contributed by atoms with Crippen LogP contribution in [-0.4, -0.2) is 17.7 Å². The topological polar surface area (TPSA) is 46.5 Å². The van der Waals surface area contributed by atoms with Gasteiger partial charge in [-0.25, -0.2) is 0 Å². The van der Waals surface area contributed by atoms with Crippen LogP contribution < -0.4 is 0 Å². The second kappa shape index (κ2) is 7.85. The van der Waals surface area contributed by atoms with Crippen molar-refractivity contribution in [2.45, 2.75) is 27.2 Å². The highest BCUT2D eigenvalue weighted by atomic mass is 16.5. The van der Waals surface area contributed by atoms with Gasteiger partial charge in [0.25, 0.3) is 0 Å². The van der Waals surface area contributed by atoms with Crippen LogP contribution in [0.3, 0.4) is 0 Å². The molecule has 0 saturated carbocycles. The number of esters is 1. The second-order valence-corrected chi connectivity index (χ2v) is 2.99. The Balaban J connectivity index is 0.000000265. The highest BCUT2D eigenvalue weighted by molar-refractivity contribution is 5.68. The monoisotopic (exact) mass is 210 g/mol. The van der Waals surface area contributed by atoms with Gasteiger partial charge in [0.1, 0.15) is 5.75 Å². The van der Waals surface area contributed by atoms with Crippen LogP contribution >= 0.6 is 0 Å². The predicted octanol–water partition coefficient (Wildman–Crippen LogP) is 2.66. The Hall–Kier alpha value is -1.51. The summed E-state index contributed by atoms with van der Waals surface area (Å²) in [5.74, 6) is 0.207. The molecule has 0 aliphatic carbocycles. The maximum Gasteiger partial charge on any atom is 0.305 e. The van der Waals surface area contributed by atoms with E-state index < -0.39 is 0 Å². The van der Waals surface area contributed by atoms with Gasteiger partial charge < -0.3 is 9.84 Å². The van der Waals surface area contributed by atoms with Crippen LogP contribution in [0.15, 0.2) is 24.3 Å². The summed E-state index contributed by atoms with van der Waals surface area (Å²) in [6.07, 6.45) is 0.480. The second-order valence-electron chi connectivity index (χ2n) is 2.99. The number of hydrogen-bond acceptors (Lipinski definition) is 3. The van der Waals surface area contributed by atoms with Crippen LogP contribution in [0.5, 0.6) is 5.75 Å². The SMILES string of the molecule is CCOC(=O)CC.Cc1ccc(O)cc1. The lowest BCUT2D eigenvalue weighted by Gasteiger charge is -1.93. The van der Waals surface area contributed by atoms with Crippen molar-refractivity contribution in [3.63, 3.8) is 0 Å². The zero-order valence-electron chi connectivity index (χ0n) is 9.49. The first-order valence-corrected chi connectivity index (χ1v) is 5.01. The van der Waals surface area contributed by atoms with Crippen LogP contribution in [0, 0.1) is 6.92 Å². The molecule has 0 radical (unpaired) electrons. The molecular formula is C12H18O3. The molecule has 0 aliphatic rings. The van der Waals surface area contributed by atoms with Crippen molar-refractivity contribution in [3.05, 3.63) is 29.8 Å². The third-order valence-electron chi connectivity index (χ3n) is 1.63. The van der Waals surface area contributed by atoms with Gasteiger partial charge >= 0.3 is 5.97 Å². The molecular weight excluding hydrogens is 192 g/mol. The minimum atomic E-state index is -0.123. The Morgan fingerprint density at radius 3 is 2.07 bits per heavy atom. The van der Waals surface area contributed by atoms with Gasteiger partial charge in [0, 0.05) is 6.42 Å². The van der Waals surface area contributed by atoms with Crippen molar-refractivity contribution in [2.24, 2.45) is 0 Å². The molecule has 0 amide bonds. The first-order chi connectivity index (χ1) is 7.10. The summed E-state index contributed by atoms with van der Waals surface area (Å²) in [5.41, 5.74) is 1.17. The van der Waals surface area contributed by atoms with E-state index in [2.05, 4.69) is 4.74 Å². The average molecular weight is 210 g/mol. The molecule has 1 aromatic rings. The zero-order valence-corrected chi connectivity index (χ0v) is 9.49. The lowest BCUT2D eigenvalue weighted by Crippen LogP contribution is -2.00. The van der Waals surface area contributed by atoms with E-state index in [1.54, 1.807) is 26.0 Å². The van der Waals surface area contributed by atoms with Gasteiger partial charge in [-0.15, -0.1) is 0 Å². The largest absolute Gasteiger partial charge is 0.508 e. The van der Waals surface area contributed by atoms with Crippen molar-refractivity contribution in [1.29, 1.82) is 0 Å². The van der Waals surface area contributed by atoms with Crippen LogP contribution in [-0.2, 0) is 9.53 Å². The normalized spacial score (nSPS) is 8.73. The predicted molar refractivity (Wildman–Crippen MR) is 59.8 cm³/mol. The number of rotatable bonds is 2. The minimum Gasteiger partial charge on any atom is -0.508 e. The number of aromatic hydroxyl groups is 1. The summed E-state index contributed by atoms with van der Waals surface area (Å²) in [7, 11) is 0. The number of carbonyl (C=O) groups is 1. The molecule has 15 heavy (non-hydrogen) atoms. The average Bonchev–Trinajstić information content (AvgIpc) is 2.24. The van der Waals surface area contributed by atoms with E-state index in [1.165, 1.54) is 5.56 Å². The van der Waals surface area contributed by atoms with Gasteiger partial charge in [0.2, 0.25) is 0 Å². The van der Waals surface area contributed by atoms with E-state index in [0.717, 1.165) is 0 Å². The number of phenols is 1. The Morgan fingerprint density at radius 1 is 1.27 bits per heavy atom.